The maximum absolute atomic E-state index is 13.5. The van der Waals surface area contributed by atoms with Crippen molar-refractivity contribution in [2.24, 2.45) is 0 Å². The van der Waals surface area contributed by atoms with Crippen LogP contribution < -0.4 is 10.6 Å². The third-order valence-corrected chi connectivity index (χ3v) is 4.78. The molecule has 0 spiro atoms. The van der Waals surface area contributed by atoms with E-state index in [0.29, 0.717) is 11.3 Å². The van der Waals surface area contributed by atoms with Crippen LogP contribution in [0.2, 0.25) is 5.02 Å². The Labute approximate surface area is 157 Å². The van der Waals surface area contributed by atoms with Crippen molar-refractivity contribution in [1.82, 2.24) is 15.2 Å². The van der Waals surface area contributed by atoms with Gasteiger partial charge in [-0.1, -0.05) is 17.7 Å². The van der Waals surface area contributed by atoms with Crippen molar-refractivity contribution in [3.63, 3.8) is 0 Å². The van der Waals surface area contributed by atoms with E-state index in [1.165, 1.54) is 12.1 Å². The Hall–Kier alpha value is -2.18. The van der Waals surface area contributed by atoms with Crippen LogP contribution in [-0.4, -0.2) is 35.0 Å². The summed E-state index contributed by atoms with van der Waals surface area (Å²) in [6.45, 7) is 4.22. The van der Waals surface area contributed by atoms with Gasteiger partial charge in [0.1, 0.15) is 5.82 Å². The molecule has 3 rings (SSSR count). The van der Waals surface area contributed by atoms with Gasteiger partial charge in [0.15, 0.2) is 0 Å². The fourth-order valence-corrected chi connectivity index (χ4v) is 3.36. The van der Waals surface area contributed by atoms with Gasteiger partial charge in [0, 0.05) is 31.5 Å². The van der Waals surface area contributed by atoms with E-state index in [0.717, 1.165) is 38.0 Å². The number of halogens is 2. The number of pyridine rings is 1. The summed E-state index contributed by atoms with van der Waals surface area (Å²) in [5.74, 6) is -0.390. The van der Waals surface area contributed by atoms with Gasteiger partial charge >= 0.3 is 6.03 Å². The van der Waals surface area contributed by atoms with Gasteiger partial charge in [-0.15, -0.1) is 0 Å². The van der Waals surface area contributed by atoms with Crippen molar-refractivity contribution in [3.05, 3.63) is 58.6 Å². The Morgan fingerprint density at radius 3 is 3.08 bits per heavy atom. The van der Waals surface area contributed by atoms with E-state index in [1.54, 1.807) is 13.1 Å². The number of urea groups is 1. The largest absolute Gasteiger partial charge is 0.334 e. The van der Waals surface area contributed by atoms with Crippen molar-refractivity contribution < 1.29 is 9.18 Å². The van der Waals surface area contributed by atoms with Crippen LogP contribution >= 0.6 is 11.6 Å². The molecule has 0 aliphatic carbocycles. The average molecular weight is 377 g/mol. The lowest BCUT2D eigenvalue weighted by Gasteiger charge is -2.33. The summed E-state index contributed by atoms with van der Waals surface area (Å²) in [6, 6.07) is 6.45. The molecule has 1 aromatic carbocycles. The number of piperidine rings is 1. The Kier molecular flexibility index (Phi) is 6.06. The van der Waals surface area contributed by atoms with Crippen LogP contribution in [0.25, 0.3) is 0 Å². The van der Waals surface area contributed by atoms with E-state index in [9.17, 15) is 9.18 Å². The molecule has 2 aromatic rings. The highest BCUT2D eigenvalue weighted by molar-refractivity contribution is 6.33. The smallest absolute Gasteiger partial charge is 0.319 e. The van der Waals surface area contributed by atoms with Gasteiger partial charge in [0.25, 0.3) is 0 Å². The summed E-state index contributed by atoms with van der Waals surface area (Å²) < 4.78 is 13.5. The van der Waals surface area contributed by atoms with Crippen molar-refractivity contribution in [2.75, 3.05) is 18.4 Å². The third-order valence-electron chi connectivity index (χ3n) is 4.47. The minimum atomic E-state index is -0.390. The second-order valence-corrected chi connectivity index (χ2v) is 7.02. The Bertz CT molecular complexity index is 772. The summed E-state index contributed by atoms with van der Waals surface area (Å²) in [5, 5.41) is 5.88. The molecule has 0 bridgehead atoms. The predicted molar refractivity (Wildman–Crippen MR) is 101 cm³/mol. The number of hydrogen-bond acceptors (Lipinski definition) is 3. The standard InChI is InChI=1S/C19H22ClFN4O/c1-13-8-18(16(20)9-17(13)21)24-19(26)23-15-5-3-7-25(12-15)11-14-4-2-6-22-10-14/h2,4,6,8-10,15H,3,5,7,11-12H2,1H3,(H2,23,24,26)/t15-/m0/s1. The van der Waals surface area contributed by atoms with Gasteiger partial charge in [-0.3, -0.25) is 9.88 Å². The number of aryl methyl sites for hydroxylation is 1. The number of carbonyl (C=O) groups is 1. The zero-order valence-corrected chi connectivity index (χ0v) is 15.4. The molecule has 138 valence electrons. The fourth-order valence-electron chi connectivity index (χ4n) is 3.16. The van der Waals surface area contributed by atoms with E-state index in [2.05, 4.69) is 26.6 Å². The van der Waals surface area contributed by atoms with Crippen molar-refractivity contribution in [1.29, 1.82) is 0 Å². The van der Waals surface area contributed by atoms with Gasteiger partial charge in [0.05, 0.1) is 10.7 Å². The fraction of sp³-hybridized carbons (Fsp3) is 0.368. The maximum Gasteiger partial charge on any atom is 0.319 e. The monoisotopic (exact) mass is 376 g/mol. The lowest BCUT2D eigenvalue weighted by atomic mass is 10.1. The number of carbonyl (C=O) groups excluding carboxylic acids is 1. The molecule has 7 heteroatoms. The number of aromatic nitrogens is 1. The quantitative estimate of drug-likeness (QED) is 0.848. The second kappa shape index (κ2) is 8.47. The molecule has 26 heavy (non-hydrogen) atoms. The first-order valence-corrected chi connectivity index (χ1v) is 9.03. The molecule has 1 fully saturated rings. The Morgan fingerprint density at radius 1 is 1.46 bits per heavy atom. The zero-order chi connectivity index (χ0) is 18.5. The average Bonchev–Trinajstić information content (AvgIpc) is 2.61. The first-order valence-electron chi connectivity index (χ1n) is 8.65. The van der Waals surface area contributed by atoms with Crippen LogP contribution in [0.5, 0.6) is 0 Å². The third kappa shape index (κ3) is 4.93. The predicted octanol–water partition coefficient (Wildman–Crippen LogP) is 3.97. The van der Waals surface area contributed by atoms with Gasteiger partial charge in [-0.2, -0.15) is 0 Å². The number of anilines is 1. The molecular formula is C19H22ClFN4O. The Morgan fingerprint density at radius 2 is 2.31 bits per heavy atom. The Balaban J connectivity index is 1.55. The molecule has 0 saturated carbocycles. The lowest BCUT2D eigenvalue weighted by Crippen LogP contribution is -2.48. The maximum atomic E-state index is 13.5. The molecule has 2 amide bonds. The number of amides is 2. The number of nitrogens with zero attached hydrogens (tertiary/aromatic N) is 2. The molecule has 5 nitrogen and oxygen atoms in total. The number of nitrogens with one attached hydrogen (secondary N) is 2. The summed E-state index contributed by atoms with van der Waals surface area (Å²) in [4.78, 5) is 18.7. The number of likely N-dealkylation sites (tertiary alicyclic amines) is 1. The number of rotatable bonds is 4. The van der Waals surface area contributed by atoms with Crippen LogP contribution in [0.3, 0.4) is 0 Å². The van der Waals surface area contributed by atoms with Crippen LogP contribution in [0.1, 0.15) is 24.0 Å². The molecule has 1 atom stereocenters. The zero-order valence-electron chi connectivity index (χ0n) is 14.6. The highest BCUT2D eigenvalue weighted by atomic mass is 35.5. The first-order chi connectivity index (χ1) is 12.5. The van der Waals surface area contributed by atoms with Crippen LogP contribution in [0.15, 0.2) is 36.7 Å². The van der Waals surface area contributed by atoms with Crippen molar-refractivity contribution >= 4 is 23.3 Å². The molecule has 1 aliphatic rings. The molecule has 1 aliphatic heterocycles. The SMILES string of the molecule is Cc1cc(NC(=O)N[C@H]2CCCN(Cc3cccnc3)C2)c(Cl)cc1F. The highest BCUT2D eigenvalue weighted by Gasteiger charge is 2.22. The molecule has 1 saturated heterocycles. The molecule has 2 heterocycles. The summed E-state index contributed by atoms with van der Waals surface area (Å²) in [6.07, 6.45) is 5.56. The number of hydrogen-bond donors (Lipinski definition) is 2. The minimum Gasteiger partial charge on any atom is -0.334 e. The van der Waals surface area contributed by atoms with Gasteiger partial charge in [0.2, 0.25) is 0 Å². The van der Waals surface area contributed by atoms with E-state index in [-0.39, 0.29) is 22.9 Å². The summed E-state index contributed by atoms with van der Waals surface area (Å²) in [7, 11) is 0. The molecule has 0 unspecified atom stereocenters. The van der Waals surface area contributed by atoms with Gasteiger partial charge < -0.3 is 10.6 Å². The summed E-state index contributed by atoms with van der Waals surface area (Å²) >= 11 is 6.01. The highest BCUT2D eigenvalue weighted by Crippen LogP contribution is 2.25. The number of benzene rings is 1. The molecular weight excluding hydrogens is 355 g/mol. The van der Waals surface area contributed by atoms with Crippen LogP contribution in [0.4, 0.5) is 14.9 Å². The van der Waals surface area contributed by atoms with E-state index in [4.69, 9.17) is 11.6 Å². The molecule has 0 radical (unpaired) electrons. The van der Waals surface area contributed by atoms with Crippen LogP contribution in [0, 0.1) is 12.7 Å². The lowest BCUT2D eigenvalue weighted by molar-refractivity contribution is 0.183. The van der Waals surface area contributed by atoms with Crippen molar-refractivity contribution in [2.45, 2.75) is 32.4 Å². The molecule has 1 aromatic heterocycles. The van der Waals surface area contributed by atoms with Gasteiger partial charge in [-0.25, -0.2) is 9.18 Å². The summed E-state index contributed by atoms with van der Waals surface area (Å²) in [5.41, 5.74) is 2.00. The minimum absolute atomic E-state index is 0.0562. The normalized spacial score (nSPS) is 17.7. The van der Waals surface area contributed by atoms with E-state index < -0.39 is 0 Å². The first kappa shape index (κ1) is 18.6. The second-order valence-electron chi connectivity index (χ2n) is 6.62. The topological polar surface area (TPSA) is 57.3 Å². The van der Waals surface area contributed by atoms with E-state index >= 15 is 0 Å². The van der Waals surface area contributed by atoms with Crippen LogP contribution in [-0.2, 0) is 6.54 Å². The van der Waals surface area contributed by atoms with Gasteiger partial charge in [-0.05, 0) is 55.6 Å². The van der Waals surface area contributed by atoms with Crippen molar-refractivity contribution in [3.8, 4) is 0 Å². The van der Waals surface area contributed by atoms with E-state index in [1.807, 2.05) is 12.3 Å². The molecule has 2 N–H and O–H groups in total.